The van der Waals surface area contributed by atoms with Crippen LogP contribution in [0.15, 0.2) is 54.6 Å². The summed E-state index contributed by atoms with van der Waals surface area (Å²) in [7, 11) is -1.96. The molecule has 0 saturated carbocycles. The zero-order chi connectivity index (χ0) is 20.6. The molecule has 152 valence electrons. The number of amides is 1. The Morgan fingerprint density at radius 1 is 1.07 bits per heavy atom. The fourth-order valence-corrected chi connectivity index (χ4v) is 3.43. The highest BCUT2D eigenvalue weighted by molar-refractivity contribution is 7.86. The van der Waals surface area contributed by atoms with Crippen LogP contribution in [0, 0.1) is 0 Å². The molecule has 0 unspecified atom stereocenters. The van der Waals surface area contributed by atoms with Crippen LogP contribution in [-0.2, 0) is 26.2 Å². The summed E-state index contributed by atoms with van der Waals surface area (Å²) >= 11 is 0. The number of hydrogen-bond donors (Lipinski definition) is 0. The Labute approximate surface area is 167 Å². The third-order valence-corrected chi connectivity index (χ3v) is 4.82. The van der Waals surface area contributed by atoms with Crippen molar-refractivity contribution in [2.45, 2.75) is 25.8 Å². The summed E-state index contributed by atoms with van der Waals surface area (Å²) in [4.78, 5) is 15.0. The lowest BCUT2D eigenvalue weighted by Gasteiger charge is -2.27. The predicted molar refractivity (Wildman–Crippen MR) is 109 cm³/mol. The van der Waals surface area contributed by atoms with Gasteiger partial charge in [-0.05, 0) is 29.7 Å². The van der Waals surface area contributed by atoms with Gasteiger partial charge in [-0.1, -0.05) is 49.4 Å². The van der Waals surface area contributed by atoms with Crippen LogP contribution < -0.4 is 4.18 Å². The summed E-state index contributed by atoms with van der Waals surface area (Å²) in [5, 5.41) is 0. The number of nitrogens with zero attached hydrogens (tertiary/aromatic N) is 1. The van der Waals surface area contributed by atoms with Crippen molar-refractivity contribution in [1.82, 2.24) is 4.90 Å². The van der Waals surface area contributed by atoms with Gasteiger partial charge in [0.15, 0.2) is 0 Å². The van der Waals surface area contributed by atoms with E-state index < -0.39 is 10.1 Å². The van der Waals surface area contributed by atoms with E-state index in [1.165, 1.54) is 0 Å². The number of ether oxygens (including phenoxy) is 1. The molecule has 0 aromatic heterocycles. The highest BCUT2D eigenvalue weighted by Gasteiger charge is 2.24. The van der Waals surface area contributed by atoms with Crippen molar-refractivity contribution in [3.63, 3.8) is 0 Å². The van der Waals surface area contributed by atoms with Crippen LogP contribution in [0.25, 0.3) is 0 Å². The molecular weight excluding hydrogens is 378 g/mol. The molecule has 0 radical (unpaired) electrons. The van der Waals surface area contributed by atoms with Crippen LogP contribution in [0.2, 0.25) is 0 Å². The van der Waals surface area contributed by atoms with Crippen LogP contribution in [0.4, 0.5) is 0 Å². The van der Waals surface area contributed by atoms with Gasteiger partial charge in [-0.15, -0.1) is 0 Å². The summed E-state index contributed by atoms with van der Waals surface area (Å²) in [5.41, 5.74) is 1.88. The normalized spacial score (nSPS) is 12.4. The Hall–Kier alpha value is -2.38. The summed E-state index contributed by atoms with van der Waals surface area (Å²) in [6, 6.07) is 16.4. The molecule has 2 rings (SSSR count). The highest BCUT2D eigenvalue weighted by Crippen LogP contribution is 2.23. The molecule has 0 saturated heterocycles. The Morgan fingerprint density at radius 3 is 2.25 bits per heavy atom. The van der Waals surface area contributed by atoms with Gasteiger partial charge in [0, 0.05) is 20.2 Å². The molecule has 0 N–H and O–H groups in total. The molecule has 2 aromatic rings. The summed E-state index contributed by atoms with van der Waals surface area (Å²) < 4.78 is 32.5. The number of hydrogen-bond acceptors (Lipinski definition) is 5. The van der Waals surface area contributed by atoms with Crippen LogP contribution in [0.1, 0.15) is 30.4 Å². The molecule has 1 amide bonds. The molecule has 0 heterocycles. The summed E-state index contributed by atoms with van der Waals surface area (Å²) in [6.45, 7) is 3.32. The minimum absolute atomic E-state index is 0.0437. The highest BCUT2D eigenvalue weighted by atomic mass is 32.2. The maximum absolute atomic E-state index is 13.2. The Kier molecular flexibility index (Phi) is 8.02. The zero-order valence-electron chi connectivity index (χ0n) is 16.5. The topological polar surface area (TPSA) is 72.9 Å². The second-order valence-electron chi connectivity index (χ2n) is 6.56. The van der Waals surface area contributed by atoms with E-state index in [9.17, 15) is 13.2 Å². The molecule has 0 fully saturated rings. The standard InChI is InChI=1S/C21H27NO5S/c1-4-20(18-8-6-5-7-9-18)21(23)22(14-15-26-2)16-17-10-12-19(13-11-17)27-28(3,24)25/h5-13,20H,4,14-16H2,1-3H3/t20-/m0/s1. The van der Waals surface area contributed by atoms with Gasteiger partial charge in [-0.3, -0.25) is 4.79 Å². The Morgan fingerprint density at radius 2 is 1.71 bits per heavy atom. The molecular formula is C21H27NO5S. The van der Waals surface area contributed by atoms with Gasteiger partial charge >= 0.3 is 10.1 Å². The van der Waals surface area contributed by atoms with Gasteiger partial charge in [0.25, 0.3) is 0 Å². The fourth-order valence-electron chi connectivity index (χ4n) is 2.97. The first kappa shape index (κ1) is 21.9. The quantitative estimate of drug-likeness (QED) is 0.568. The predicted octanol–water partition coefficient (Wildman–Crippen LogP) is 3.19. The van der Waals surface area contributed by atoms with E-state index in [0.29, 0.717) is 26.1 Å². The van der Waals surface area contributed by atoms with Crippen LogP contribution in [-0.4, -0.2) is 45.7 Å². The molecule has 1 atom stereocenters. The smallest absolute Gasteiger partial charge is 0.306 e. The number of carbonyl (C=O) groups is 1. The maximum atomic E-state index is 13.2. The lowest BCUT2D eigenvalue weighted by Crippen LogP contribution is -2.37. The molecule has 0 spiro atoms. The van der Waals surface area contributed by atoms with Gasteiger partial charge in [-0.2, -0.15) is 8.42 Å². The van der Waals surface area contributed by atoms with E-state index in [-0.39, 0.29) is 17.6 Å². The lowest BCUT2D eigenvalue weighted by molar-refractivity contribution is -0.134. The first-order valence-corrected chi connectivity index (χ1v) is 11.0. The van der Waals surface area contributed by atoms with E-state index >= 15 is 0 Å². The number of methoxy groups -OCH3 is 1. The van der Waals surface area contributed by atoms with Gasteiger partial charge in [0.2, 0.25) is 5.91 Å². The van der Waals surface area contributed by atoms with Crippen molar-refractivity contribution in [2.24, 2.45) is 0 Å². The van der Waals surface area contributed by atoms with E-state index in [1.807, 2.05) is 37.3 Å². The molecule has 2 aromatic carbocycles. The Bertz CT molecular complexity index is 850. The third-order valence-electron chi connectivity index (χ3n) is 4.33. The van der Waals surface area contributed by atoms with Crippen LogP contribution in [0.5, 0.6) is 5.75 Å². The van der Waals surface area contributed by atoms with Crippen LogP contribution in [0.3, 0.4) is 0 Å². The van der Waals surface area contributed by atoms with Gasteiger partial charge < -0.3 is 13.8 Å². The van der Waals surface area contributed by atoms with Crippen molar-refractivity contribution >= 4 is 16.0 Å². The van der Waals surface area contributed by atoms with Gasteiger partial charge in [0.1, 0.15) is 5.75 Å². The van der Waals surface area contributed by atoms with Crippen LogP contribution >= 0.6 is 0 Å². The number of rotatable bonds is 10. The molecule has 0 aliphatic rings. The minimum Gasteiger partial charge on any atom is -0.383 e. The molecule has 0 aliphatic carbocycles. The fraction of sp³-hybridized carbons (Fsp3) is 0.381. The van der Waals surface area contributed by atoms with E-state index in [2.05, 4.69) is 0 Å². The Balaban J connectivity index is 2.17. The molecule has 6 nitrogen and oxygen atoms in total. The minimum atomic E-state index is -3.56. The molecule has 7 heteroatoms. The second-order valence-corrected chi connectivity index (χ2v) is 8.13. The third kappa shape index (κ3) is 6.65. The second kappa shape index (κ2) is 10.2. The lowest BCUT2D eigenvalue weighted by atomic mass is 9.95. The monoisotopic (exact) mass is 405 g/mol. The van der Waals surface area contributed by atoms with E-state index in [0.717, 1.165) is 17.4 Å². The largest absolute Gasteiger partial charge is 0.383 e. The van der Waals surface area contributed by atoms with Crippen molar-refractivity contribution in [1.29, 1.82) is 0 Å². The van der Waals surface area contributed by atoms with Crippen molar-refractivity contribution in [3.05, 3.63) is 65.7 Å². The van der Waals surface area contributed by atoms with E-state index in [1.54, 1.807) is 36.3 Å². The molecule has 0 bridgehead atoms. The molecule has 0 aliphatic heterocycles. The summed E-state index contributed by atoms with van der Waals surface area (Å²) in [5.74, 6) is 0.0739. The summed E-state index contributed by atoms with van der Waals surface area (Å²) in [6.07, 6.45) is 1.70. The first-order chi connectivity index (χ1) is 13.3. The maximum Gasteiger partial charge on any atom is 0.306 e. The average molecular weight is 406 g/mol. The average Bonchev–Trinajstić information content (AvgIpc) is 2.66. The number of benzene rings is 2. The molecule has 28 heavy (non-hydrogen) atoms. The van der Waals surface area contributed by atoms with Crippen molar-refractivity contribution in [3.8, 4) is 5.75 Å². The zero-order valence-corrected chi connectivity index (χ0v) is 17.3. The van der Waals surface area contributed by atoms with Crippen molar-refractivity contribution < 1.29 is 22.1 Å². The van der Waals surface area contributed by atoms with Crippen molar-refractivity contribution in [2.75, 3.05) is 26.5 Å². The number of carbonyl (C=O) groups excluding carboxylic acids is 1. The van der Waals surface area contributed by atoms with Gasteiger partial charge in [-0.25, -0.2) is 0 Å². The first-order valence-electron chi connectivity index (χ1n) is 9.15. The van der Waals surface area contributed by atoms with Gasteiger partial charge in [0.05, 0.1) is 18.8 Å². The SMILES string of the molecule is CC[C@H](C(=O)N(CCOC)Cc1ccc(OS(C)(=O)=O)cc1)c1ccccc1. The van der Waals surface area contributed by atoms with E-state index in [4.69, 9.17) is 8.92 Å².